The average molecular weight is 681 g/mol. The Labute approximate surface area is 296 Å². The highest BCUT2D eigenvalue weighted by Gasteiger charge is 2.33. The second kappa shape index (κ2) is 24.4. The molecule has 8 heteroatoms. The van der Waals surface area contributed by atoms with Gasteiger partial charge in [-0.3, -0.25) is 9.59 Å². The minimum absolute atomic E-state index is 0.0153. The Morgan fingerprint density at radius 2 is 1.27 bits per heavy atom. The predicted molar refractivity (Wildman–Crippen MR) is 196 cm³/mol. The summed E-state index contributed by atoms with van der Waals surface area (Å²) >= 11 is 0. The number of rotatable bonds is 26. The van der Waals surface area contributed by atoms with Gasteiger partial charge in [0.05, 0.1) is 18.8 Å². The number of ether oxygens (including phenoxy) is 2. The van der Waals surface area contributed by atoms with Crippen LogP contribution in [0, 0.1) is 0 Å². The van der Waals surface area contributed by atoms with Gasteiger partial charge in [-0.2, -0.15) is 0 Å². The molecular weight excluding hydrogens is 616 g/mol. The number of aliphatic carboxylic acids is 1. The number of aliphatic hydroxyl groups is 1. The van der Waals surface area contributed by atoms with Crippen LogP contribution in [0.5, 0.6) is 0 Å². The minimum atomic E-state index is -0.831. The first-order valence-electron chi connectivity index (χ1n) is 19.2. The normalized spacial score (nSPS) is 17.8. The molecule has 8 nitrogen and oxygen atoms in total. The van der Waals surface area contributed by atoms with Crippen molar-refractivity contribution >= 4 is 11.9 Å². The van der Waals surface area contributed by atoms with Crippen LogP contribution in [-0.2, 0) is 32.2 Å². The summed E-state index contributed by atoms with van der Waals surface area (Å²) in [5.74, 6) is -0.903. The molecule has 1 heterocycles. The van der Waals surface area contributed by atoms with E-state index < -0.39 is 12.3 Å². The molecule has 2 aromatic carbocycles. The molecule has 0 aliphatic carbocycles. The predicted octanol–water partition coefficient (Wildman–Crippen LogP) is 9.01. The van der Waals surface area contributed by atoms with E-state index in [1.165, 1.54) is 77.0 Å². The first-order chi connectivity index (χ1) is 23.9. The molecule has 1 amide bonds. The van der Waals surface area contributed by atoms with E-state index in [9.17, 15) is 14.7 Å². The van der Waals surface area contributed by atoms with Gasteiger partial charge in [-0.05, 0) is 55.5 Å². The first-order valence-corrected chi connectivity index (χ1v) is 19.2. The van der Waals surface area contributed by atoms with Crippen LogP contribution < -0.4 is 5.32 Å². The smallest absolute Gasteiger partial charge is 0.303 e. The number of nitrogens with zero attached hydrogens (tertiary/aromatic N) is 1. The molecule has 0 saturated carbocycles. The molecule has 1 saturated heterocycles. The molecular formula is C41H64N2O6. The number of carbonyl (C=O) groups excluding carboxylic acids is 1. The zero-order valence-electron chi connectivity index (χ0n) is 30.4. The van der Waals surface area contributed by atoms with Gasteiger partial charge in [-0.25, -0.2) is 0 Å². The zero-order chi connectivity index (χ0) is 35.1. The molecule has 0 spiro atoms. The molecule has 2 aromatic rings. The maximum atomic E-state index is 12.2. The van der Waals surface area contributed by atoms with Gasteiger partial charge in [0, 0.05) is 37.9 Å². The number of hydrogen-bond donors (Lipinski definition) is 3. The maximum Gasteiger partial charge on any atom is 0.303 e. The molecule has 0 bridgehead atoms. The summed E-state index contributed by atoms with van der Waals surface area (Å²) in [5, 5.41) is 21.3. The lowest BCUT2D eigenvalue weighted by molar-refractivity contribution is -0.253. The molecule has 1 aliphatic heterocycles. The van der Waals surface area contributed by atoms with E-state index >= 15 is 0 Å². The molecule has 1 aliphatic rings. The molecule has 1 fully saturated rings. The van der Waals surface area contributed by atoms with Crippen molar-refractivity contribution in [2.24, 2.45) is 0 Å². The van der Waals surface area contributed by atoms with Gasteiger partial charge >= 0.3 is 5.97 Å². The summed E-state index contributed by atoms with van der Waals surface area (Å²) < 4.78 is 13.3. The summed E-state index contributed by atoms with van der Waals surface area (Å²) in [6, 6.07) is 16.1. The SMILES string of the molecule is CCCCCCCCN(CCCCCCCC)C[C@H]1C[C@@H](c2ccc(CO)cc2)O[C@@H](c2ccc(CNC(=O)CCCCC(=O)O)cc2)O1. The minimum Gasteiger partial charge on any atom is -0.481 e. The Morgan fingerprint density at radius 3 is 1.86 bits per heavy atom. The summed E-state index contributed by atoms with van der Waals surface area (Å²) in [7, 11) is 0. The highest BCUT2D eigenvalue weighted by molar-refractivity contribution is 5.75. The monoisotopic (exact) mass is 680 g/mol. The van der Waals surface area contributed by atoms with Gasteiger partial charge in [-0.1, -0.05) is 127 Å². The fourth-order valence-electron chi connectivity index (χ4n) is 6.49. The van der Waals surface area contributed by atoms with Crippen LogP contribution in [0.3, 0.4) is 0 Å². The van der Waals surface area contributed by atoms with E-state index in [1.54, 1.807) is 0 Å². The highest BCUT2D eigenvalue weighted by Crippen LogP contribution is 2.38. The van der Waals surface area contributed by atoms with E-state index in [0.717, 1.165) is 48.3 Å². The lowest BCUT2D eigenvalue weighted by Crippen LogP contribution is -2.40. The molecule has 3 atom stereocenters. The van der Waals surface area contributed by atoms with Crippen molar-refractivity contribution in [2.45, 2.75) is 155 Å². The summed E-state index contributed by atoms with van der Waals surface area (Å²) in [4.78, 5) is 25.6. The summed E-state index contributed by atoms with van der Waals surface area (Å²) in [6.07, 6.45) is 17.1. The number of unbranched alkanes of at least 4 members (excludes halogenated alkanes) is 11. The highest BCUT2D eigenvalue weighted by atomic mass is 16.7. The molecule has 0 radical (unpaired) electrons. The van der Waals surface area contributed by atoms with Crippen molar-refractivity contribution in [1.82, 2.24) is 10.2 Å². The van der Waals surface area contributed by atoms with Crippen LogP contribution in [0.2, 0.25) is 0 Å². The van der Waals surface area contributed by atoms with Gasteiger partial charge in [0.1, 0.15) is 0 Å². The molecule has 0 unspecified atom stereocenters. The second-order valence-electron chi connectivity index (χ2n) is 13.8. The van der Waals surface area contributed by atoms with Crippen molar-refractivity contribution in [3.63, 3.8) is 0 Å². The van der Waals surface area contributed by atoms with Crippen LogP contribution in [0.1, 0.15) is 158 Å². The van der Waals surface area contributed by atoms with Gasteiger partial charge in [0.25, 0.3) is 0 Å². The number of hydrogen-bond acceptors (Lipinski definition) is 6. The number of carboxylic acid groups (broad SMARTS) is 1. The topological polar surface area (TPSA) is 108 Å². The standard InChI is InChI=1S/C41H64N2O6/c1-3-5-7-9-11-15-27-43(28-16-12-10-8-6-4-2)31-37-29-38(35-23-21-34(32-44)22-24-35)49-41(48-37)36-25-19-33(20-26-36)30-42-39(45)17-13-14-18-40(46)47/h19-26,37-38,41,44H,3-18,27-32H2,1-2H3,(H,42,45)(H,46,47)/t37-,38+,41+/m1/s1. The van der Waals surface area contributed by atoms with E-state index in [0.29, 0.717) is 25.8 Å². The Hall–Kier alpha value is -2.78. The van der Waals surface area contributed by atoms with Crippen LogP contribution >= 0.6 is 0 Å². The molecule has 0 aromatic heterocycles. The third kappa shape index (κ3) is 16.7. The van der Waals surface area contributed by atoms with E-state index in [2.05, 4.69) is 36.2 Å². The molecule has 49 heavy (non-hydrogen) atoms. The number of benzene rings is 2. The largest absolute Gasteiger partial charge is 0.481 e. The van der Waals surface area contributed by atoms with Crippen molar-refractivity contribution in [2.75, 3.05) is 19.6 Å². The fraction of sp³-hybridized carbons (Fsp3) is 0.659. The van der Waals surface area contributed by atoms with E-state index in [-0.39, 0.29) is 31.1 Å². The summed E-state index contributed by atoms with van der Waals surface area (Å²) in [5.41, 5.74) is 3.91. The number of aliphatic hydroxyl groups excluding tert-OH is 1. The van der Waals surface area contributed by atoms with Gasteiger partial charge in [0.15, 0.2) is 6.29 Å². The van der Waals surface area contributed by atoms with Crippen LogP contribution in [0.15, 0.2) is 48.5 Å². The Balaban J connectivity index is 1.65. The van der Waals surface area contributed by atoms with Crippen molar-refractivity contribution < 1.29 is 29.3 Å². The van der Waals surface area contributed by atoms with Crippen molar-refractivity contribution in [3.05, 3.63) is 70.8 Å². The fourth-order valence-corrected chi connectivity index (χ4v) is 6.49. The third-order valence-corrected chi connectivity index (χ3v) is 9.52. The van der Waals surface area contributed by atoms with E-state index in [4.69, 9.17) is 14.6 Å². The number of carbonyl (C=O) groups is 2. The molecule has 274 valence electrons. The molecule has 3 N–H and O–H groups in total. The summed E-state index contributed by atoms with van der Waals surface area (Å²) in [6.45, 7) is 8.05. The number of nitrogens with one attached hydrogen (secondary N) is 1. The molecule has 3 rings (SSSR count). The van der Waals surface area contributed by atoms with E-state index in [1.807, 2.05) is 36.4 Å². The van der Waals surface area contributed by atoms with Crippen molar-refractivity contribution in [1.29, 1.82) is 0 Å². The zero-order valence-corrected chi connectivity index (χ0v) is 30.4. The Bertz CT molecular complexity index is 1160. The van der Waals surface area contributed by atoms with Crippen LogP contribution in [-0.4, -0.2) is 52.7 Å². The van der Waals surface area contributed by atoms with Gasteiger partial charge in [0.2, 0.25) is 5.91 Å². The number of amides is 1. The Morgan fingerprint density at radius 1 is 0.714 bits per heavy atom. The first kappa shape index (κ1) is 40.6. The van der Waals surface area contributed by atoms with Crippen LogP contribution in [0.25, 0.3) is 0 Å². The average Bonchev–Trinajstić information content (AvgIpc) is 3.12. The Kier molecular flexibility index (Phi) is 20.2. The maximum absolute atomic E-state index is 12.2. The lowest BCUT2D eigenvalue weighted by atomic mass is 9.99. The quantitative estimate of drug-likeness (QED) is 0.0851. The van der Waals surface area contributed by atoms with Gasteiger partial charge in [-0.15, -0.1) is 0 Å². The van der Waals surface area contributed by atoms with Gasteiger partial charge < -0.3 is 29.9 Å². The second-order valence-corrected chi connectivity index (χ2v) is 13.8. The lowest BCUT2D eigenvalue weighted by Gasteiger charge is -2.38. The van der Waals surface area contributed by atoms with Crippen molar-refractivity contribution in [3.8, 4) is 0 Å². The number of carboxylic acids is 1. The third-order valence-electron chi connectivity index (χ3n) is 9.52. The van der Waals surface area contributed by atoms with Crippen LogP contribution in [0.4, 0.5) is 0 Å².